The van der Waals surface area contributed by atoms with E-state index < -0.39 is 0 Å². The number of fused-ring (bicyclic) bond motifs is 3. The van der Waals surface area contributed by atoms with E-state index in [2.05, 4.69) is 72.6 Å². The number of hydrogen-bond acceptors (Lipinski definition) is 2. The number of nitrogens with one attached hydrogen (secondary N) is 1. The van der Waals surface area contributed by atoms with Crippen molar-refractivity contribution in [2.24, 2.45) is 5.92 Å². The van der Waals surface area contributed by atoms with Gasteiger partial charge in [-0.3, -0.25) is 4.79 Å². The van der Waals surface area contributed by atoms with Crippen molar-refractivity contribution in [2.75, 3.05) is 18.4 Å². The molecule has 2 aliphatic heterocycles. The first-order valence-corrected chi connectivity index (χ1v) is 12.1. The fourth-order valence-electron chi connectivity index (χ4n) is 5.66. The van der Waals surface area contributed by atoms with Gasteiger partial charge in [0.15, 0.2) is 0 Å². The minimum atomic E-state index is 0.195. The molecule has 2 heterocycles. The average Bonchev–Trinajstić information content (AvgIpc) is 3.13. The van der Waals surface area contributed by atoms with Gasteiger partial charge in [0.05, 0.1) is 17.3 Å². The first kappa shape index (κ1) is 20.4. The molecule has 3 heteroatoms. The molecule has 1 N–H and O–H groups in total. The summed E-state index contributed by atoms with van der Waals surface area (Å²) in [6, 6.07) is 15.6. The van der Waals surface area contributed by atoms with Crippen LogP contribution >= 0.6 is 0 Å². The molecule has 3 aliphatic rings. The largest absolute Gasteiger partial charge is 0.377 e. The van der Waals surface area contributed by atoms with E-state index in [0.29, 0.717) is 17.8 Å². The molecule has 2 aromatic rings. The highest BCUT2D eigenvalue weighted by Crippen LogP contribution is 2.50. The number of allylic oxidation sites excluding steroid dienone is 2. The van der Waals surface area contributed by atoms with E-state index >= 15 is 0 Å². The summed E-state index contributed by atoms with van der Waals surface area (Å²) in [7, 11) is 0. The number of amides is 1. The molecule has 0 aromatic heterocycles. The van der Waals surface area contributed by atoms with E-state index in [1.165, 1.54) is 29.5 Å². The highest BCUT2D eigenvalue weighted by Gasteiger charge is 2.39. The number of nitrogens with zero attached hydrogens (tertiary/aromatic N) is 1. The van der Waals surface area contributed by atoms with Crippen LogP contribution in [0, 0.1) is 5.92 Å². The molecule has 3 nitrogen and oxygen atoms in total. The minimum Gasteiger partial charge on any atom is -0.377 e. The summed E-state index contributed by atoms with van der Waals surface area (Å²) in [5, 5.41) is 3.85. The lowest BCUT2D eigenvalue weighted by Gasteiger charge is -2.39. The SMILES string of the molecule is CC(C)c1ccc(C2Nc3c(C(=O)N4CCCCCC4)cccc3C3C=CCC32)cc1. The van der Waals surface area contributed by atoms with Crippen LogP contribution < -0.4 is 5.32 Å². The van der Waals surface area contributed by atoms with Crippen molar-refractivity contribution < 1.29 is 4.79 Å². The summed E-state index contributed by atoms with van der Waals surface area (Å²) >= 11 is 0. The molecule has 162 valence electrons. The van der Waals surface area contributed by atoms with Crippen molar-refractivity contribution in [1.82, 2.24) is 4.90 Å². The number of likely N-dealkylation sites (tertiary alicyclic amines) is 1. The number of carbonyl (C=O) groups excluding carboxylic acids is 1. The van der Waals surface area contributed by atoms with Crippen molar-refractivity contribution >= 4 is 11.6 Å². The maximum absolute atomic E-state index is 13.5. The molecule has 2 aromatic carbocycles. The molecule has 1 saturated heterocycles. The van der Waals surface area contributed by atoms with Crippen LogP contribution in [-0.4, -0.2) is 23.9 Å². The second kappa shape index (κ2) is 8.53. The maximum atomic E-state index is 13.5. The minimum absolute atomic E-state index is 0.195. The monoisotopic (exact) mass is 414 g/mol. The van der Waals surface area contributed by atoms with Crippen LogP contribution in [0.4, 0.5) is 5.69 Å². The van der Waals surface area contributed by atoms with Gasteiger partial charge in [-0.1, -0.05) is 75.2 Å². The van der Waals surface area contributed by atoms with Crippen LogP contribution in [0.1, 0.15) is 90.9 Å². The van der Waals surface area contributed by atoms with Gasteiger partial charge >= 0.3 is 0 Å². The number of carbonyl (C=O) groups is 1. The lowest BCUT2D eigenvalue weighted by Crippen LogP contribution is -2.35. The third-order valence-electron chi connectivity index (χ3n) is 7.48. The van der Waals surface area contributed by atoms with E-state index in [4.69, 9.17) is 0 Å². The molecule has 1 fully saturated rings. The Morgan fingerprint density at radius 2 is 1.74 bits per heavy atom. The van der Waals surface area contributed by atoms with Gasteiger partial charge in [0.2, 0.25) is 0 Å². The standard InChI is InChI=1S/C28H34N2O/c1-19(2)20-13-15-21(16-14-20)26-23-10-7-9-22(23)24-11-8-12-25(27(24)29-26)28(31)30-17-5-3-4-6-18-30/h7-9,11-16,19,22-23,26,29H,3-6,10,17-18H2,1-2H3. The summed E-state index contributed by atoms with van der Waals surface area (Å²) in [6.07, 6.45) is 10.5. The molecule has 31 heavy (non-hydrogen) atoms. The molecule has 3 atom stereocenters. The summed E-state index contributed by atoms with van der Waals surface area (Å²) in [5.74, 6) is 1.61. The first-order chi connectivity index (χ1) is 15.1. The summed E-state index contributed by atoms with van der Waals surface area (Å²) in [6.45, 7) is 6.24. The zero-order valence-corrected chi connectivity index (χ0v) is 18.8. The quantitative estimate of drug-likeness (QED) is 0.570. The molecule has 1 aliphatic carbocycles. The Hall–Kier alpha value is -2.55. The Kier molecular flexibility index (Phi) is 5.60. The third-order valence-corrected chi connectivity index (χ3v) is 7.48. The van der Waals surface area contributed by atoms with Crippen molar-refractivity contribution in [2.45, 2.75) is 63.8 Å². The van der Waals surface area contributed by atoms with Crippen molar-refractivity contribution in [1.29, 1.82) is 0 Å². The number of rotatable bonds is 3. The molecule has 0 radical (unpaired) electrons. The lowest BCUT2D eigenvalue weighted by atomic mass is 9.76. The van der Waals surface area contributed by atoms with Crippen molar-refractivity contribution in [3.8, 4) is 0 Å². The van der Waals surface area contributed by atoms with Crippen molar-refractivity contribution in [3.05, 3.63) is 76.9 Å². The van der Waals surface area contributed by atoms with Crippen LogP contribution in [0.3, 0.4) is 0 Å². The smallest absolute Gasteiger partial charge is 0.255 e. The van der Waals surface area contributed by atoms with E-state index in [1.807, 2.05) is 6.07 Å². The second-order valence-corrected chi connectivity index (χ2v) is 9.77. The Morgan fingerprint density at radius 1 is 1.00 bits per heavy atom. The van der Waals surface area contributed by atoms with E-state index in [0.717, 1.165) is 43.6 Å². The zero-order valence-electron chi connectivity index (χ0n) is 18.8. The number of hydrogen-bond donors (Lipinski definition) is 1. The van der Waals surface area contributed by atoms with E-state index in [9.17, 15) is 4.79 Å². The molecular formula is C28H34N2O. The fourth-order valence-corrected chi connectivity index (χ4v) is 5.66. The lowest BCUT2D eigenvalue weighted by molar-refractivity contribution is 0.0762. The molecule has 0 bridgehead atoms. The Morgan fingerprint density at radius 3 is 2.45 bits per heavy atom. The van der Waals surface area contributed by atoms with Crippen LogP contribution in [0.15, 0.2) is 54.6 Å². The molecule has 3 unspecified atom stereocenters. The number of anilines is 1. The van der Waals surface area contributed by atoms with Gasteiger partial charge in [-0.15, -0.1) is 0 Å². The summed E-state index contributed by atoms with van der Waals surface area (Å²) in [4.78, 5) is 15.6. The average molecular weight is 415 g/mol. The highest BCUT2D eigenvalue weighted by atomic mass is 16.2. The van der Waals surface area contributed by atoms with Gasteiger partial charge in [0.25, 0.3) is 5.91 Å². The van der Waals surface area contributed by atoms with Gasteiger partial charge in [0, 0.05) is 19.0 Å². The Balaban J connectivity index is 1.51. The van der Waals surface area contributed by atoms with Gasteiger partial charge in [-0.25, -0.2) is 0 Å². The number of para-hydroxylation sites is 1. The predicted molar refractivity (Wildman–Crippen MR) is 128 cm³/mol. The highest BCUT2D eigenvalue weighted by molar-refractivity contribution is 6.00. The van der Waals surface area contributed by atoms with E-state index in [1.54, 1.807) is 0 Å². The van der Waals surface area contributed by atoms with Gasteiger partial charge in [0.1, 0.15) is 0 Å². The zero-order chi connectivity index (χ0) is 21.4. The fraction of sp³-hybridized carbons (Fsp3) is 0.464. The number of benzene rings is 2. The molecule has 0 saturated carbocycles. The van der Waals surface area contributed by atoms with Crippen LogP contribution in [0.2, 0.25) is 0 Å². The van der Waals surface area contributed by atoms with Gasteiger partial charge in [-0.2, -0.15) is 0 Å². The maximum Gasteiger partial charge on any atom is 0.255 e. The first-order valence-electron chi connectivity index (χ1n) is 12.1. The van der Waals surface area contributed by atoms with Crippen molar-refractivity contribution in [3.63, 3.8) is 0 Å². The topological polar surface area (TPSA) is 32.3 Å². The summed E-state index contributed by atoms with van der Waals surface area (Å²) in [5.41, 5.74) is 5.89. The Labute approximate surface area is 186 Å². The van der Waals surface area contributed by atoms with Gasteiger partial charge < -0.3 is 10.2 Å². The molecule has 1 amide bonds. The molecule has 5 rings (SSSR count). The molecular weight excluding hydrogens is 380 g/mol. The normalized spacial score (nSPS) is 25.0. The summed E-state index contributed by atoms with van der Waals surface area (Å²) < 4.78 is 0. The predicted octanol–water partition coefficient (Wildman–Crippen LogP) is 6.65. The Bertz CT molecular complexity index is 967. The van der Waals surface area contributed by atoms with Crippen LogP contribution in [0.25, 0.3) is 0 Å². The molecule has 0 spiro atoms. The van der Waals surface area contributed by atoms with Crippen LogP contribution in [0.5, 0.6) is 0 Å². The van der Waals surface area contributed by atoms with E-state index in [-0.39, 0.29) is 11.9 Å². The third kappa shape index (κ3) is 3.79. The van der Waals surface area contributed by atoms with Gasteiger partial charge in [-0.05, 0) is 53.9 Å². The second-order valence-electron chi connectivity index (χ2n) is 9.77. The van der Waals surface area contributed by atoms with Crippen LogP contribution in [-0.2, 0) is 0 Å².